The van der Waals surface area contributed by atoms with Crippen LogP contribution in [0.5, 0.6) is 5.75 Å². The first kappa shape index (κ1) is 16.0. The Morgan fingerprint density at radius 2 is 1.86 bits per heavy atom. The fourth-order valence-electron chi connectivity index (χ4n) is 2.25. The maximum absolute atomic E-state index is 14.1. The average molecular weight is 302 g/mol. The molecule has 4 heteroatoms. The molecule has 0 saturated carbocycles. The van der Waals surface area contributed by atoms with Gasteiger partial charge in [-0.05, 0) is 23.3 Å². The van der Waals surface area contributed by atoms with Crippen molar-refractivity contribution in [1.82, 2.24) is 0 Å². The molecule has 0 aliphatic carbocycles. The van der Waals surface area contributed by atoms with Crippen LogP contribution in [0, 0.1) is 5.82 Å². The molecule has 0 spiro atoms. The Bertz CT molecular complexity index is 651. The van der Waals surface area contributed by atoms with E-state index in [2.05, 4.69) is 0 Å². The zero-order valence-corrected chi connectivity index (χ0v) is 12.7. The number of rotatable bonds is 6. The highest BCUT2D eigenvalue weighted by Gasteiger charge is 2.25. The maximum atomic E-state index is 14.1. The monoisotopic (exact) mass is 302 g/mol. The van der Waals surface area contributed by atoms with Gasteiger partial charge in [-0.25, -0.2) is 4.39 Å². The number of hydrogen-bond donors (Lipinski definition) is 1. The van der Waals surface area contributed by atoms with E-state index >= 15 is 0 Å². The highest BCUT2D eigenvalue weighted by atomic mass is 19.1. The zero-order chi connectivity index (χ0) is 16.2. The third-order valence-corrected chi connectivity index (χ3v) is 3.54. The van der Waals surface area contributed by atoms with Crippen molar-refractivity contribution < 1.29 is 19.0 Å². The molecule has 0 atom stereocenters. The lowest BCUT2D eigenvalue weighted by molar-refractivity contribution is -0.138. The van der Waals surface area contributed by atoms with Crippen LogP contribution in [-0.4, -0.2) is 11.1 Å². The van der Waals surface area contributed by atoms with Gasteiger partial charge in [0.2, 0.25) is 0 Å². The molecule has 0 amide bonds. The molecule has 0 heterocycles. The van der Waals surface area contributed by atoms with Gasteiger partial charge in [-0.15, -0.1) is 0 Å². The summed E-state index contributed by atoms with van der Waals surface area (Å²) in [4.78, 5) is 10.9. The van der Waals surface area contributed by atoms with Crippen LogP contribution >= 0.6 is 0 Å². The average Bonchev–Trinajstić information content (AvgIpc) is 2.45. The van der Waals surface area contributed by atoms with Crippen molar-refractivity contribution in [2.75, 3.05) is 0 Å². The molecule has 0 radical (unpaired) electrons. The van der Waals surface area contributed by atoms with Gasteiger partial charge in [0.25, 0.3) is 0 Å². The SMILES string of the molecule is CC(C)(CC(=O)O)c1ccc(OCc2ccccc2)c(F)c1. The molecule has 0 aliphatic heterocycles. The summed E-state index contributed by atoms with van der Waals surface area (Å²) in [5.74, 6) is -1.22. The molecule has 1 N–H and O–H groups in total. The first-order valence-corrected chi connectivity index (χ1v) is 7.07. The number of carboxylic acid groups (broad SMARTS) is 1. The van der Waals surface area contributed by atoms with Crippen LogP contribution in [-0.2, 0) is 16.8 Å². The van der Waals surface area contributed by atoms with E-state index in [1.165, 1.54) is 6.07 Å². The molecule has 2 rings (SSSR count). The quantitative estimate of drug-likeness (QED) is 0.871. The first-order chi connectivity index (χ1) is 10.4. The number of ether oxygens (including phenoxy) is 1. The standard InChI is InChI=1S/C18H19FO3/c1-18(2,11-17(20)21)14-8-9-16(15(19)10-14)22-12-13-6-4-3-5-7-13/h3-10H,11-12H2,1-2H3,(H,20,21). The van der Waals surface area contributed by atoms with Gasteiger partial charge in [0.1, 0.15) is 6.61 Å². The molecule has 0 unspecified atom stereocenters. The van der Waals surface area contributed by atoms with E-state index in [1.54, 1.807) is 26.0 Å². The van der Waals surface area contributed by atoms with E-state index < -0.39 is 17.2 Å². The van der Waals surface area contributed by atoms with Crippen LogP contribution < -0.4 is 4.74 Å². The molecular weight excluding hydrogens is 283 g/mol. The summed E-state index contributed by atoms with van der Waals surface area (Å²) in [6, 6.07) is 14.1. The van der Waals surface area contributed by atoms with Gasteiger partial charge in [0, 0.05) is 5.41 Å². The van der Waals surface area contributed by atoms with Gasteiger partial charge in [0.15, 0.2) is 11.6 Å². The van der Waals surface area contributed by atoms with E-state index in [1.807, 2.05) is 30.3 Å². The number of benzene rings is 2. The lowest BCUT2D eigenvalue weighted by atomic mass is 9.81. The van der Waals surface area contributed by atoms with Gasteiger partial charge in [-0.2, -0.15) is 0 Å². The molecule has 0 bridgehead atoms. The summed E-state index contributed by atoms with van der Waals surface area (Å²) in [6.45, 7) is 3.84. The van der Waals surface area contributed by atoms with Crippen molar-refractivity contribution in [3.63, 3.8) is 0 Å². The highest BCUT2D eigenvalue weighted by Crippen LogP contribution is 2.30. The van der Waals surface area contributed by atoms with Gasteiger partial charge >= 0.3 is 5.97 Å². The number of aliphatic carboxylic acids is 1. The summed E-state index contributed by atoms with van der Waals surface area (Å²) in [7, 11) is 0. The van der Waals surface area contributed by atoms with Crippen LogP contribution in [0.3, 0.4) is 0 Å². The molecule has 2 aromatic carbocycles. The molecule has 0 saturated heterocycles. The Kier molecular flexibility index (Phi) is 4.81. The van der Waals surface area contributed by atoms with Crippen LogP contribution in [0.25, 0.3) is 0 Å². The zero-order valence-electron chi connectivity index (χ0n) is 12.7. The third-order valence-electron chi connectivity index (χ3n) is 3.54. The van der Waals surface area contributed by atoms with Crippen molar-refractivity contribution in [2.45, 2.75) is 32.3 Å². The minimum absolute atomic E-state index is 0.0589. The van der Waals surface area contributed by atoms with E-state index in [0.29, 0.717) is 5.56 Å². The van der Waals surface area contributed by atoms with E-state index in [4.69, 9.17) is 9.84 Å². The predicted octanol–water partition coefficient (Wildman–Crippen LogP) is 4.16. The Hall–Kier alpha value is -2.36. The molecule has 3 nitrogen and oxygen atoms in total. The second-order valence-electron chi connectivity index (χ2n) is 5.87. The first-order valence-electron chi connectivity index (χ1n) is 7.07. The Morgan fingerprint density at radius 3 is 2.45 bits per heavy atom. The van der Waals surface area contributed by atoms with E-state index in [-0.39, 0.29) is 18.8 Å². The second-order valence-corrected chi connectivity index (χ2v) is 5.87. The molecular formula is C18H19FO3. The van der Waals surface area contributed by atoms with Crippen LogP contribution in [0.4, 0.5) is 4.39 Å². The second kappa shape index (κ2) is 6.60. The topological polar surface area (TPSA) is 46.5 Å². The van der Waals surface area contributed by atoms with Crippen LogP contribution in [0.2, 0.25) is 0 Å². The van der Waals surface area contributed by atoms with Crippen molar-refractivity contribution in [1.29, 1.82) is 0 Å². The molecule has 0 fully saturated rings. The molecule has 116 valence electrons. The van der Waals surface area contributed by atoms with Gasteiger partial charge in [-0.1, -0.05) is 50.2 Å². The fourth-order valence-corrected chi connectivity index (χ4v) is 2.25. The summed E-state index contributed by atoms with van der Waals surface area (Å²) < 4.78 is 19.6. The maximum Gasteiger partial charge on any atom is 0.304 e. The summed E-state index contributed by atoms with van der Waals surface area (Å²) in [5, 5.41) is 8.93. The lowest BCUT2D eigenvalue weighted by Crippen LogP contribution is -2.21. The van der Waals surface area contributed by atoms with Gasteiger partial charge in [-0.3, -0.25) is 4.79 Å². The predicted molar refractivity (Wildman–Crippen MR) is 82.5 cm³/mol. The molecule has 22 heavy (non-hydrogen) atoms. The summed E-state index contributed by atoms with van der Waals surface area (Å²) in [6.07, 6.45) is -0.0589. The summed E-state index contributed by atoms with van der Waals surface area (Å²) in [5.41, 5.74) is 0.960. The third kappa shape index (κ3) is 4.07. The summed E-state index contributed by atoms with van der Waals surface area (Å²) >= 11 is 0. The normalized spacial score (nSPS) is 11.2. The lowest BCUT2D eigenvalue weighted by Gasteiger charge is -2.23. The Morgan fingerprint density at radius 1 is 1.18 bits per heavy atom. The van der Waals surface area contributed by atoms with Gasteiger partial charge in [0.05, 0.1) is 6.42 Å². The van der Waals surface area contributed by atoms with Crippen LogP contribution in [0.1, 0.15) is 31.4 Å². The smallest absolute Gasteiger partial charge is 0.304 e. The minimum Gasteiger partial charge on any atom is -0.486 e. The van der Waals surface area contributed by atoms with Crippen molar-refractivity contribution in [2.24, 2.45) is 0 Å². The Balaban J connectivity index is 2.11. The fraction of sp³-hybridized carbons (Fsp3) is 0.278. The van der Waals surface area contributed by atoms with E-state index in [9.17, 15) is 9.18 Å². The number of carboxylic acids is 1. The van der Waals surface area contributed by atoms with Crippen molar-refractivity contribution >= 4 is 5.97 Å². The highest BCUT2D eigenvalue weighted by molar-refractivity contribution is 5.68. The van der Waals surface area contributed by atoms with Gasteiger partial charge < -0.3 is 9.84 Å². The number of halogens is 1. The van der Waals surface area contributed by atoms with Crippen LogP contribution in [0.15, 0.2) is 48.5 Å². The molecule has 2 aromatic rings. The number of hydrogen-bond acceptors (Lipinski definition) is 2. The molecule has 0 aromatic heterocycles. The van der Waals surface area contributed by atoms with Crippen molar-refractivity contribution in [3.8, 4) is 5.75 Å². The Labute approximate surface area is 129 Å². The number of carbonyl (C=O) groups is 1. The van der Waals surface area contributed by atoms with Crippen molar-refractivity contribution in [3.05, 3.63) is 65.5 Å². The van der Waals surface area contributed by atoms with E-state index in [0.717, 1.165) is 5.56 Å². The minimum atomic E-state index is -0.908. The molecule has 0 aliphatic rings. The largest absolute Gasteiger partial charge is 0.486 e.